The lowest BCUT2D eigenvalue weighted by Gasteiger charge is -2.32. The Balaban J connectivity index is 2.10. The van der Waals surface area contributed by atoms with Crippen molar-refractivity contribution in [1.82, 2.24) is 4.90 Å². The molecule has 4 nitrogen and oxygen atoms in total. The molecule has 0 aromatic heterocycles. The highest BCUT2D eigenvalue weighted by Crippen LogP contribution is 2.24. The van der Waals surface area contributed by atoms with Crippen LogP contribution in [0.1, 0.15) is 49.0 Å². The van der Waals surface area contributed by atoms with Crippen LogP contribution >= 0.6 is 0 Å². The third kappa shape index (κ3) is 3.87. The Hall–Kier alpha value is -1.84. The number of carbonyl (C=O) groups excluding carboxylic acids is 2. The van der Waals surface area contributed by atoms with Crippen LogP contribution in [0.2, 0.25) is 0 Å². The molecule has 1 atom stereocenters. The van der Waals surface area contributed by atoms with Crippen molar-refractivity contribution < 1.29 is 14.7 Å². The van der Waals surface area contributed by atoms with E-state index in [0.717, 1.165) is 18.4 Å². The summed E-state index contributed by atoms with van der Waals surface area (Å²) in [6, 6.07) is 4.84. The predicted molar refractivity (Wildman–Crippen MR) is 85.9 cm³/mol. The number of Topliss-reactive ketones (excluding diaryl/α,β-unsaturated/α-hetero) is 1. The molecular formula is C18H25NO3. The SMILES string of the molecule is Cc1ccc(O)cc1C(=O)N1CCCC(C(=O)CC(C)C)C1. The molecule has 1 amide bonds. The number of aryl methyl sites for hydroxylation is 1. The first-order chi connectivity index (χ1) is 10.4. The zero-order valence-corrected chi connectivity index (χ0v) is 13.6. The normalized spacial score (nSPS) is 18.5. The van der Waals surface area contributed by atoms with Crippen molar-refractivity contribution >= 4 is 11.7 Å². The van der Waals surface area contributed by atoms with E-state index < -0.39 is 0 Å². The van der Waals surface area contributed by atoms with Crippen LogP contribution in [0, 0.1) is 18.8 Å². The zero-order chi connectivity index (χ0) is 16.3. The van der Waals surface area contributed by atoms with Gasteiger partial charge in [-0.15, -0.1) is 0 Å². The number of rotatable bonds is 4. The Morgan fingerprint density at radius 2 is 2.09 bits per heavy atom. The summed E-state index contributed by atoms with van der Waals surface area (Å²) >= 11 is 0. The third-order valence-electron chi connectivity index (χ3n) is 4.22. The van der Waals surface area contributed by atoms with Crippen molar-refractivity contribution in [3.63, 3.8) is 0 Å². The molecule has 1 saturated heterocycles. The maximum absolute atomic E-state index is 12.7. The number of nitrogens with zero attached hydrogens (tertiary/aromatic N) is 1. The van der Waals surface area contributed by atoms with Gasteiger partial charge < -0.3 is 10.0 Å². The van der Waals surface area contributed by atoms with Crippen molar-refractivity contribution in [3.8, 4) is 5.75 Å². The smallest absolute Gasteiger partial charge is 0.254 e. The molecule has 4 heteroatoms. The van der Waals surface area contributed by atoms with Gasteiger partial charge in [-0.1, -0.05) is 19.9 Å². The summed E-state index contributed by atoms with van der Waals surface area (Å²) in [7, 11) is 0. The molecule has 0 bridgehead atoms. The summed E-state index contributed by atoms with van der Waals surface area (Å²) in [5.41, 5.74) is 1.37. The van der Waals surface area contributed by atoms with Crippen LogP contribution in [0.4, 0.5) is 0 Å². The van der Waals surface area contributed by atoms with Gasteiger partial charge in [0.25, 0.3) is 5.91 Å². The summed E-state index contributed by atoms with van der Waals surface area (Å²) in [6.45, 7) is 7.12. The molecule has 1 heterocycles. The van der Waals surface area contributed by atoms with Crippen LogP contribution in [0.3, 0.4) is 0 Å². The van der Waals surface area contributed by atoms with Crippen LogP contribution in [0.15, 0.2) is 18.2 Å². The lowest BCUT2D eigenvalue weighted by Crippen LogP contribution is -2.42. The van der Waals surface area contributed by atoms with Crippen molar-refractivity contribution in [2.75, 3.05) is 13.1 Å². The Bertz CT molecular complexity index is 565. The number of phenols is 1. The highest BCUT2D eigenvalue weighted by atomic mass is 16.3. The summed E-state index contributed by atoms with van der Waals surface area (Å²) < 4.78 is 0. The van der Waals surface area contributed by atoms with E-state index in [1.165, 1.54) is 6.07 Å². The van der Waals surface area contributed by atoms with E-state index in [1.807, 2.05) is 20.8 Å². The molecule has 1 aromatic carbocycles. The van der Waals surface area contributed by atoms with E-state index in [4.69, 9.17) is 0 Å². The zero-order valence-electron chi connectivity index (χ0n) is 13.6. The largest absolute Gasteiger partial charge is 0.508 e. The maximum Gasteiger partial charge on any atom is 0.254 e. The Kier molecular flexibility index (Phi) is 5.22. The van der Waals surface area contributed by atoms with Gasteiger partial charge >= 0.3 is 0 Å². The van der Waals surface area contributed by atoms with Gasteiger partial charge in [-0.25, -0.2) is 0 Å². The van der Waals surface area contributed by atoms with E-state index in [9.17, 15) is 14.7 Å². The van der Waals surface area contributed by atoms with E-state index in [0.29, 0.717) is 31.0 Å². The molecule has 1 unspecified atom stereocenters. The van der Waals surface area contributed by atoms with Gasteiger partial charge in [-0.05, 0) is 43.4 Å². The number of likely N-dealkylation sites (tertiary alicyclic amines) is 1. The van der Waals surface area contributed by atoms with E-state index in [2.05, 4.69) is 0 Å². The molecule has 1 aliphatic rings. The Morgan fingerprint density at radius 3 is 2.77 bits per heavy atom. The fourth-order valence-corrected chi connectivity index (χ4v) is 3.00. The van der Waals surface area contributed by atoms with Gasteiger partial charge in [0.15, 0.2) is 0 Å². The summed E-state index contributed by atoms with van der Waals surface area (Å²) in [4.78, 5) is 26.7. The summed E-state index contributed by atoms with van der Waals surface area (Å²) in [5, 5.41) is 9.60. The molecule has 22 heavy (non-hydrogen) atoms. The van der Waals surface area contributed by atoms with Crippen LogP contribution in [-0.4, -0.2) is 34.8 Å². The van der Waals surface area contributed by atoms with E-state index in [-0.39, 0.29) is 23.4 Å². The number of aromatic hydroxyl groups is 1. The number of hydrogen-bond acceptors (Lipinski definition) is 3. The van der Waals surface area contributed by atoms with Gasteiger partial charge in [0.1, 0.15) is 11.5 Å². The Labute approximate surface area is 132 Å². The minimum absolute atomic E-state index is 0.0438. The topological polar surface area (TPSA) is 57.6 Å². The molecule has 0 saturated carbocycles. The summed E-state index contributed by atoms with van der Waals surface area (Å²) in [5.74, 6) is 0.582. The number of benzene rings is 1. The standard InChI is InChI=1S/C18H25NO3/c1-12(2)9-17(21)14-5-4-8-19(11-14)18(22)16-10-15(20)7-6-13(16)3/h6-7,10,12,14,20H,4-5,8-9,11H2,1-3H3. The number of carbonyl (C=O) groups is 2. The first-order valence-electron chi connectivity index (χ1n) is 8.00. The average molecular weight is 303 g/mol. The molecule has 1 aliphatic heterocycles. The number of piperidine rings is 1. The second-order valence-corrected chi connectivity index (χ2v) is 6.65. The molecule has 2 rings (SSSR count). The van der Waals surface area contributed by atoms with Crippen molar-refractivity contribution in [1.29, 1.82) is 0 Å². The molecule has 120 valence electrons. The quantitative estimate of drug-likeness (QED) is 0.929. The molecule has 0 spiro atoms. The molecule has 0 radical (unpaired) electrons. The highest BCUT2D eigenvalue weighted by Gasteiger charge is 2.29. The summed E-state index contributed by atoms with van der Waals surface area (Å²) in [6.07, 6.45) is 2.31. The van der Waals surface area contributed by atoms with Crippen molar-refractivity contribution in [3.05, 3.63) is 29.3 Å². The monoisotopic (exact) mass is 303 g/mol. The number of ketones is 1. The number of phenolic OH excluding ortho intramolecular Hbond substituents is 1. The maximum atomic E-state index is 12.7. The molecular weight excluding hydrogens is 278 g/mol. The predicted octanol–water partition coefficient (Wildman–Crippen LogP) is 3.17. The van der Waals surface area contributed by atoms with Gasteiger partial charge in [-0.3, -0.25) is 9.59 Å². The van der Waals surface area contributed by atoms with Gasteiger partial charge in [0.2, 0.25) is 0 Å². The Morgan fingerprint density at radius 1 is 1.36 bits per heavy atom. The van der Waals surface area contributed by atoms with Crippen molar-refractivity contribution in [2.24, 2.45) is 11.8 Å². The van der Waals surface area contributed by atoms with Gasteiger partial charge in [0.05, 0.1) is 0 Å². The minimum Gasteiger partial charge on any atom is -0.508 e. The van der Waals surface area contributed by atoms with Crippen LogP contribution in [0.25, 0.3) is 0 Å². The van der Waals surface area contributed by atoms with Crippen molar-refractivity contribution in [2.45, 2.75) is 40.0 Å². The lowest BCUT2D eigenvalue weighted by atomic mass is 9.89. The lowest BCUT2D eigenvalue weighted by molar-refractivity contribution is -0.124. The molecule has 0 aliphatic carbocycles. The number of amides is 1. The first kappa shape index (κ1) is 16.5. The second kappa shape index (κ2) is 6.95. The second-order valence-electron chi connectivity index (χ2n) is 6.65. The van der Waals surface area contributed by atoms with E-state index in [1.54, 1.807) is 17.0 Å². The average Bonchev–Trinajstić information content (AvgIpc) is 2.48. The fourth-order valence-electron chi connectivity index (χ4n) is 3.00. The van der Waals surface area contributed by atoms with Gasteiger partial charge in [-0.2, -0.15) is 0 Å². The van der Waals surface area contributed by atoms with Crippen LogP contribution < -0.4 is 0 Å². The fraction of sp³-hybridized carbons (Fsp3) is 0.556. The van der Waals surface area contributed by atoms with E-state index >= 15 is 0 Å². The third-order valence-corrected chi connectivity index (χ3v) is 4.22. The van der Waals surface area contributed by atoms with Crippen LogP contribution in [0.5, 0.6) is 5.75 Å². The molecule has 1 N–H and O–H groups in total. The van der Waals surface area contributed by atoms with Crippen LogP contribution in [-0.2, 0) is 4.79 Å². The first-order valence-corrected chi connectivity index (χ1v) is 8.00. The minimum atomic E-state index is -0.0875. The molecule has 1 aromatic rings. The molecule has 1 fully saturated rings. The van der Waals surface area contributed by atoms with Gasteiger partial charge in [0, 0.05) is 31.0 Å². The number of hydrogen-bond donors (Lipinski definition) is 1. The highest BCUT2D eigenvalue weighted by molar-refractivity contribution is 5.96.